The molecule has 0 spiro atoms. The standard InChI is InChI=1S/C16H24N2O3/c1-17-15-7-5-3-4-6-12(15)10-13-11-14(18(19)20)8-9-16(13)21-2/h8-9,11-12,15,17H,3-7,10H2,1-2H3. The molecule has 2 unspecified atom stereocenters. The Morgan fingerprint density at radius 3 is 2.76 bits per heavy atom. The molecule has 0 aliphatic heterocycles. The monoisotopic (exact) mass is 292 g/mol. The molecule has 0 amide bonds. The lowest BCUT2D eigenvalue weighted by molar-refractivity contribution is -0.384. The number of nitro groups is 1. The van der Waals surface area contributed by atoms with Crippen LogP contribution in [0.4, 0.5) is 5.69 Å². The van der Waals surface area contributed by atoms with Crippen LogP contribution in [0, 0.1) is 16.0 Å². The van der Waals surface area contributed by atoms with E-state index in [2.05, 4.69) is 5.32 Å². The first-order valence-electron chi connectivity index (χ1n) is 7.64. The number of ether oxygens (including phenoxy) is 1. The van der Waals surface area contributed by atoms with Crippen LogP contribution in [0.25, 0.3) is 0 Å². The number of hydrogen-bond acceptors (Lipinski definition) is 4. The van der Waals surface area contributed by atoms with Crippen LogP contribution >= 0.6 is 0 Å². The molecular formula is C16H24N2O3. The zero-order valence-corrected chi connectivity index (χ0v) is 12.8. The predicted molar refractivity (Wildman–Crippen MR) is 82.8 cm³/mol. The summed E-state index contributed by atoms with van der Waals surface area (Å²) in [7, 11) is 3.63. The summed E-state index contributed by atoms with van der Waals surface area (Å²) in [6, 6.07) is 5.36. The van der Waals surface area contributed by atoms with E-state index in [9.17, 15) is 10.1 Å². The van der Waals surface area contributed by atoms with Gasteiger partial charge in [-0.3, -0.25) is 10.1 Å². The predicted octanol–water partition coefficient (Wildman–Crippen LogP) is 3.31. The fourth-order valence-corrected chi connectivity index (χ4v) is 3.33. The number of rotatable bonds is 5. The number of nitrogens with one attached hydrogen (secondary N) is 1. The van der Waals surface area contributed by atoms with Gasteiger partial charge >= 0.3 is 0 Å². The lowest BCUT2D eigenvalue weighted by Crippen LogP contribution is -2.33. The third kappa shape index (κ3) is 3.94. The molecule has 116 valence electrons. The van der Waals surface area contributed by atoms with Gasteiger partial charge in [0.05, 0.1) is 12.0 Å². The Morgan fingerprint density at radius 2 is 2.10 bits per heavy atom. The number of nitro benzene ring substituents is 1. The Labute approximate surface area is 125 Å². The van der Waals surface area contributed by atoms with Gasteiger partial charge in [0.25, 0.3) is 5.69 Å². The van der Waals surface area contributed by atoms with Crippen molar-refractivity contribution in [1.82, 2.24) is 5.32 Å². The summed E-state index contributed by atoms with van der Waals surface area (Å²) in [6.07, 6.45) is 6.95. The van der Waals surface area contributed by atoms with E-state index < -0.39 is 0 Å². The van der Waals surface area contributed by atoms with Crippen LogP contribution in [0.5, 0.6) is 5.75 Å². The van der Waals surface area contributed by atoms with Crippen molar-refractivity contribution >= 4 is 5.69 Å². The van der Waals surface area contributed by atoms with Gasteiger partial charge in [-0.05, 0) is 38.3 Å². The lowest BCUT2D eigenvalue weighted by atomic mass is 9.88. The van der Waals surface area contributed by atoms with Crippen LogP contribution in [0.1, 0.15) is 37.7 Å². The van der Waals surface area contributed by atoms with Crippen molar-refractivity contribution in [2.24, 2.45) is 5.92 Å². The fraction of sp³-hybridized carbons (Fsp3) is 0.625. The van der Waals surface area contributed by atoms with Gasteiger partial charge in [0.1, 0.15) is 5.75 Å². The minimum absolute atomic E-state index is 0.139. The molecule has 0 radical (unpaired) electrons. The maximum absolute atomic E-state index is 11.0. The van der Waals surface area contributed by atoms with E-state index in [4.69, 9.17) is 4.74 Å². The Hall–Kier alpha value is -1.62. The summed E-state index contributed by atoms with van der Waals surface area (Å²) in [6.45, 7) is 0. The topological polar surface area (TPSA) is 64.4 Å². The van der Waals surface area contributed by atoms with Crippen molar-refractivity contribution < 1.29 is 9.66 Å². The molecule has 21 heavy (non-hydrogen) atoms. The van der Waals surface area contributed by atoms with Crippen molar-refractivity contribution in [1.29, 1.82) is 0 Å². The van der Waals surface area contributed by atoms with Crippen LogP contribution < -0.4 is 10.1 Å². The molecule has 1 aliphatic rings. The van der Waals surface area contributed by atoms with E-state index in [1.54, 1.807) is 19.2 Å². The Bertz CT molecular complexity index is 490. The zero-order valence-electron chi connectivity index (χ0n) is 12.8. The van der Waals surface area contributed by atoms with Gasteiger partial charge in [-0.15, -0.1) is 0 Å². The van der Waals surface area contributed by atoms with Crippen LogP contribution in [0.15, 0.2) is 18.2 Å². The molecule has 0 heterocycles. The molecule has 1 aromatic carbocycles. The van der Waals surface area contributed by atoms with Gasteiger partial charge in [-0.2, -0.15) is 0 Å². The molecule has 2 rings (SSSR count). The van der Waals surface area contributed by atoms with Gasteiger partial charge in [0, 0.05) is 23.7 Å². The first kappa shape index (κ1) is 15.8. The molecule has 1 saturated carbocycles. The third-order valence-electron chi connectivity index (χ3n) is 4.49. The molecule has 1 aromatic rings. The SMILES string of the molecule is CNC1CCCCCC1Cc1cc([N+](=O)[O-])ccc1OC. The second kappa shape index (κ2) is 7.41. The number of nitrogens with zero attached hydrogens (tertiary/aromatic N) is 1. The summed E-state index contributed by atoms with van der Waals surface area (Å²) >= 11 is 0. The minimum Gasteiger partial charge on any atom is -0.496 e. The van der Waals surface area contributed by atoms with Gasteiger partial charge in [-0.25, -0.2) is 0 Å². The van der Waals surface area contributed by atoms with Crippen LogP contribution in [-0.4, -0.2) is 25.1 Å². The highest BCUT2D eigenvalue weighted by molar-refractivity contribution is 5.44. The summed E-state index contributed by atoms with van der Waals surface area (Å²) in [5.41, 5.74) is 1.08. The summed E-state index contributed by atoms with van der Waals surface area (Å²) in [5, 5.41) is 14.4. The molecule has 5 nitrogen and oxygen atoms in total. The third-order valence-corrected chi connectivity index (χ3v) is 4.49. The summed E-state index contributed by atoms with van der Waals surface area (Å²) in [5.74, 6) is 1.26. The average molecular weight is 292 g/mol. The first-order valence-corrected chi connectivity index (χ1v) is 7.64. The van der Waals surface area contributed by atoms with E-state index in [1.807, 2.05) is 7.05 Å². The van der Waals surface area contributed by atoms with E-state index >= 15 is 0 Å². The Kier molecular flexibility index (Phi) is 5.56. The second-order valence-corrected chi connectivity index (χ2v) is 5.75. The molecule has 0 aromatic heterocycles. The highest BCUT2D eigenvalue weighted by atomic mass is 16.6. The normalized spacial score (nSPS) is 22.6. The zero-order chi connectivity index (χ0) is 15.2. The molecule has 2 atom stereocenters. The van der Waals surface area contributed by atoms with Crippen LogP contribution in [0.3, 0.4) is 0 Å². The van der Waals surface area contributed by atoms with Gasteiger partial charge in [0.2, 0.25) is 0 Å². The maximum Gasteiger partial charge on any atom is 0.269 e. The molecule has 1 aliphatic carbocycles. The quantitative estimate of drug-likeness (QED) is 0.513. The number of methoxy groups -OCH3 is 1. The summed E-state index contributed by atoms with van der Waals surface area (Å²) in [4.78, 5) is 10.6. The minimum atomic E-state index is -0.342. The van der Waals surface area contributed by atoms with Crippen LogP contribution in [0.2, 0.25) is 0 Å². The smallest absolute Gasteiger partial charge is 0.269 e. The van der Waals surface area contributed by atoms with Crippen molar-refractivity contribution in [2.75, 3.05) is 14.2 Å². The highest BCUT2D eigenvalue weighted by Crippen LogP contribution is 2.31. The number of non-ortho nitro benzene ring substituents is 1. The van der Waals surface area contributed by atoms with Gasteiger partial charge in [0.15, 0.2) is 0 Å². The summed E-state index contributed by atoms with van der Waals surface area (Å²) < 4.78 is 5.38. The molecule has 5 heteroatoms. The van der Waals surface area contributed by atoms with Gasteiger partial charge in [-0.1, -0.05) is 19.3 Å². The highest BCUT2D eigenvalue weighted by Gasteiger charge is 2.24. The molecule has 0 saturated heterocycles. The van der Waals surface area contributed by atoms with E-state index in [0.29, 0.717) is 12.0 Å². The fourth-order valence-electron chi connectivity index (χ4n) is 3.33. The molecule has 1 fully saturated rings. The van der Waals surface area contributed by atoms with Gasteiger partial charge < -0.3 is 10.1 Å². The van der Waals surface area contributed by atoms with Crippen molar-refractivity contribution in [2.45, 2.75) is 44.6 Å². The average Bonchev–Trinajstić information content (AvgIpc) is 2.72. The molecule has 1 N–H and O–H groups in total. The second-order valence-electron chi connectivity index (χ2n) is 5.75. The van der Waals surface area contributed by atoms with E-state index in [1.165, 1.54) is 31.7 Å². The number of benzene rings is 1. The van der Waals surface area contributed by atoms with Crippen molar-refractivity contribution in [3.05, 3.63) is 33.9 Å². The molecular weight excluding hydrogens is 268 g/mol. The Morgan fingerprint density at radius 1 is 1.33 bits per heavy atom. The van der Waals surface area contributed by atoms with Crippen molar-refractivity contribution in [3.8, 4) is 5.75 Å². The van der Waals surface area contributed by atoms with Crippen LogP contribution in [-0.2, 0) is 6.42 Å². The largest absolute Gasteiger partial charge is 0.496 e. The molecule has 0 bridgehead atoms. The maximum atomic E-state index is 11.0. The number of hydrogen-bond donors (Lipinski definition) is 1. The first-order chi connectivity index (χ1) is 10.2. The lowest BCUT2D eigenvalue weighted by Gasteiger charge is -2.25. The van der Waals surface area contributed by atoms with Crippen molar-refractivity contribution in [3.63, 3.8) is 0 Å². The van der Waals surface area contributed by atoms with E-state index in [0.717, 1.165) is 24.2 Å². The Balaban J connectivity index is 2.23. The van der Waals surface area contributed by atoms with E-state index in [-0.39, 0.29) is 10.6 Å².